The molecular formula is C20H34O4S. The maximum atomic E-state index is 10.4. The molecule has 0 aliphatic carbocycles. The fraction of sp³-hybridized carbons (Fsp3) is 0.850. The maximum absolute atomic E-state index is 10.4. The van der Waals surface area contributed by atoms with Crippen molar-refractivity contribution in [2.45, 2.75) is 70.5 Å². The van der Waals surface area contributed by atoms with Crippen LogP contribution in [0.15, 0.2) is 12.2 Å². The number of unbranched alkanes of at least 4 members (excludes halogenated alkanes) is 3. The van der Waals surface area contributed by atoms with E-state index >= 15 is 0 Å². The van der Waals surface area contributed by atoms with Crippen molar-refractivity contribution in [3.05, 3.63) is 12.2 Å². The van der Waals surface area contributed by atoms with E-state index in [0.717, 1.165) is 31.1 Å². The highest BCUT2D eigenvalue weighted by Crippen LogP contribution is 2.45. The predicted octanol–water partition coefficient (Wildman–Crippen LogP) is 4.53. The van der Waals surface area contributed by atoms with Crippen molar-refractivity contribution in [3.8, 4) is 0 Å². The molecule has 1 N–H and O–H groups in total. The van der Waals surface area contributed by atoms with E-state index in [0.29, 0.717) is 24.0 Å². The van der Waals surface area contributed by atoms with E-state index in [1.165, 1.54) is 51.0 Å². The highest BCUT2D eigenvalue weighted by Gasteiger charge is 2.48. The van der Waals surface area contributed by atoms with Crippen molar-refractivity contribution >= 4 is 17.7 Å². The number of rotatable bonds is 14. The first-order valence-corrected chi connectivity index (χ1v) is 11.1. The summed E-state index contributed by atoms with van der Waals surface area (Å²) in [5, 5.41) is 8.56. The zero-order valence-corrected chi connectivity index (χ0v) is 16.3. The second-order valence-corrected chi connectivity index (χ2v) is 8.41. The van der Waals surface area contributed by atoms with Gasteiger partial charge in [0.15, 0.2) is 0 Å². The smallest absolute Gasteiger partial charge is 0.327 e. The molecule has 0 radical (unpaired) electrons. The van der Waals surface area contributed by atoms with Crippen molar-refractivity contribution in [2.24, 2.45) is 11.8 Å². The zero-order valence-electron chi connectivity index (χ0n) is 15.5. The molecule has 2 rings (SSSR count). The van der Waals surface area contributed by atoms with Gasteiger partial charge in [0.25, 0.3) is 0 Å². The summed E-state index contributed by atoms with van der Waals surface area (Å²) in [6, 6.07) is 0. The molecule has 0 unspecified atom stereocenters. The molecule has 0 aromatic carbocycles. The fourth-order valence-electron chi connectivity index (χ4n) is 4.01. The van der Waals surface area contributed by atoms with Gasteiger partial charge in [0.2, 0.25) is 0 Å². The van der Waals surface area contributed by atoms with Crippen molar-refractivity contribution in [1.29, 1.82) is 0 Å². The van der Waals surface area contributed by atoms with Crippen molar-refractivity contribution in [3.63, 3.8) is 0 Å². The topological polar surface area (TPSA) is 55.8 Å². The average Bonchev–Trinajstić information content (AvgIpc) is 3.19. The highest BCUT2D eigenvalue weighted by molar-refractivity contribution is 7.99. The van der Waals surface area contributed by atoms with E-state index in [-0.39, 0.29) is 0 Å². The van der Waals surface area contributed by atoms with Crippen LogP contribution in [0.4, 0.5) is 0 Å². The monoisotopic (exact) mass is 370 g/mol. The Morgan fingerprint density at radius 1 is 1.20 bits per heavy atom. The Morgan fingerprint density at radius 3 is 2.76 bits per heavy atom. The van der Waals surface area contributed by atoms with Gasteiger partial charge in [0.05, 0.1) is 18.8 Å². The van der Waals surface area contributed by atoms with Crippen molar-refractivity contribution in [2.75, 3.05) is 24.7 Å². The van der Waals surface area contributed by atoms with Crippen LogP contribution in [0.5, 0.6) is 0 Å². The Kier molecular flexibility index (Phi) is 9.96. The van der Waals surface area contributed by atoms with Gasteiger partial charge >= 0.3 is 5.97 Å². The largest absolute Gasteiger partial charge is 0.478 e. The number of hydrogen-bond donors (Lipinski definition) is 1. The zero-order chi connectivity index (χ0) is 17.9. The van der Waals surface area contributed by atoms with Gasteiger partial charge in [-0.05, 0) is 49.5 Å². The Hall–Kier alpha value is -0.520. The van der Waals surface area contributed by atoms with E-state index in [9.17, 15) is 4.79 Å². The summed E-state index contributed by atoms with van der Waals surface area (Å²) in [5.41, 5.74) is 0. The maximum Gasteiger partial charge on any atom is 0.327 e. The molecular weight excluding hydrogens is 336 g/mol. The Morgan fingerprint density at radius 2 is 2.00 bits per heavy atom. The second kappa shape index (κ2) is 12.0. The van der Waals surface area contributed by atoms with Crippen LogP contribution in [0.1, 0.15) is 58.3 Å². The number of fused-ring (bicyclic) bond motifs is 2. The minimum Gasteiger partial charge on any atom is -0.478 e. The first kappa shape index (κ1) is 20.8. The third-order valence-electron chi connectivity index (χ3n) is 5.33. The minimum absolute atomic E-state index is 0.425. The standard InChI is InChI=1S/C20H34O4S/c1-2-3-4-6-12-23-15-17-16(18-9-10-19(17)24-18)11-14-25-13-7-5-8-20(21)22/h5,8,16-19H,2-4,6-7,9-15H2,1H3,(H,21,22)/b8-5+/t16-,17+,18-,19+/m1/s1. The SMILES string of the molecule is CCCCCCOC[C@H]1[C@@H](CCSCC/C=C/C(=O)O)[C@H]2CC[C@@H]1O2. The van der Waals surface area contributed by atoms with Crippen LogP contribution in [-0.2, 0) is 14.3 Å². The third kappa shape index (κ3) is 7.32. The first-order valence-electron chi connectivity index (χ1n) is 9.92. The van der Waals surface area contributed by atoms with Crippen LogP contribution in [0.2, 0.25) is 0 Å². The fourth-order valence-corrected chi connectivity index (χ4v) is 4.95. The summed E-state index contributed by atoms with van der Waals surface area (Å²) in [6.07, 6.45) is 13.3. The lowest BCUT2D eigenvalue weighted by molar-refractivity contribution is -0.131. The van der Waals surface area contributed by atoms with Crippen LogP contribution in [0.3, 0.4) is 0 Å². The van der Waals surface area contributed by atoms with Gasteiger partial charge in [-0.15, -0.1) is 0 Å². The van der Waals surface area contributed by atoms with E-state index in [1.54, 1.807) is 6.08 Å². The van der Waals surface area contributed by atoms with Gasteiger partial charge in [0, 0.05) is 18.6 Å². The number of allylic oxidation sites excluding steroid dienone is 1. The van der Waals surface area contributed by atoms with E-state index in [4.69, 9.17) is 14.6 Å². The quantitative estimate of drug-likeness (QED) is 0.360. The summed E-state index contributed by atoms with van der Waals surface area (Å²) in [6.45, 7) is 3.99. The van der Waals surface area contributed by atoms with Crippen LogP contribution in [0, 0.1) is 11.8 Å². The van der Waals surface area contributed by atoms with E-state index < -0.39 is 5.97 Å². The summed E-state index contributed by atoms with van der Waals surface area (Å²) in [7, 11) is 0. The van der Waals surface area contributed by atoms with Gasteiger partial charge in [-0.3, -0.25) is 0 Å². The molecule has 0 spiro atoms. The van der Waals surface area contributed by atoms with Crippen LogP contribution in [0.25, 0.3) is 0 Å². The lowest BCUT2D eigenvalue weighted by Gasteiger charge is -2.27. The van der Waals surface area contributed by atoms with E-state index in [1.807, 2.05) is 11.8 Å². The minimum atomic E-state index is -0.860. The Balaban J connectivity index is 1.60. The number of ether oxygens (including phenoxy) is 2. The van der Waals surface area contributed by atoms with Crippen molar-refractivity contribution in [1.82, 2.24) is 0 Å². The number of carbonyl (C=O) groups is 1. The molecule has 144 valence electrons. The molecule has 0 aromatic heterocycles. The van der Waals surface area contributed by atoms with Gasteiger partial charge in [-0.1, -0.05) is 32.3 Å². The summed E-state index contributed by atoms with van der Waals surface area (Å²) in [5.74, 6) is 2.49. The Bertz CT molecular complexity index is 413. The van der Waals surface area contributed by atoms with Crippen LogP contribution >= 0.6 is 11.8 Å². The molecule has 2 saturated heterocycles. The normalized spacial score (nSPS) is 28.2. The van der Waals surface area contributed by atoms with Crippen molar-refractivity contribution < 1.29 is 19.4 Å². The molecule has 0 saturated carbocycles. The summed E-state index contributed by atoms with van der Waals surface area (Å²) in [4.78, 5) is 10.4. The van der Waals surface area contributed by atoms with E-state index in [2.05, 4.69) is 6.92 Å². The number of thioether (sulfide) groups is 1. The van der Waals surface area contributed by atoms with Gasteiger partial charge in [0.1, 0.15) is 0 Å². The molecule has 5 heteroatoms. The molecule has 25 heavy (non-hydrogen) atoms. The number of hydrogen-bond acceptors (Lipinski definition) is 4. The number of aliphatic carboxylic acids is 1. The molecule has 0 amide bonds. The lowest BCUT2D eigenvalue weighted by atomic mass is 9.78. The molecule has 0 aromatic rings. The third-order valence-corrected chi connectivity index (χ3v) is 6.38. The first-order chi connectivity index (χ1) is 12.2. The molecule has 2 aliphatic heterocycles. The molecule has 2 aliphatic rings. The van der Waals surface area contributed by atoms with Crippen LogP contribution < -0.4 is 0 Å². The van der Waals surface area contributed by atoms with Gasteiger partial charge in [-0.25, -0.2) is 4.79 Å². The summed E-state index contributed by atoms with van der Waals surface area (Å²) >= 11 is 1.92. The average molecular weight is 371 g/mol. The highest BCUT2D eigenvalue weighted by atomic mass is 32.2. The molecule has 4 atom stereocenters. The number of carboxylic acid groups (broad SMARTS) is 1. The molecule has 2 heterocycles. The van der Waals surface area contributed by atoms with Gasteiger partial charge < -0.3 is 14.6 Å². The molecule has 2 bridgehead atoms. The molecule has 2 fully saturated rings. The van der Waals surface area contributed by atoms with Crippen LogP contribution in [-0.4, -0.2) is 48.0 Å². The predicted molar refractivity (Wildman–Crippen MR) is 103 cm³/mol. The summed E-state index contributed by atoms with van der Waals surface area (Å²) < 4.78 is 12.1. The Labute approximate surface area is 156 Å². The molecule has 4 nitrogen and oxygen atoms in total. The van der Waals surface area contributed by atoms with Gasteiger partial charge in [-0.2, -0.15) is 11.8 Å². The second-order valence-electron chi connectivity index (χ2n) is 7.18. The number of carboxylic acids is 1. The lowest BCUT2D eigenvalue weighted by Crippen LogP contribution is -2.31.